The molecule has 0 bridgehead atoms. The molecule has 47 heavy (non-hydrogen) atoms. The van der Waals surface area contributed by atoms with E-state index in [0.717, 1.165) is 12.1 Å². The van der Waals surface area contributed by atoms with E-state index in [-0.39, 0.29) is 40.1 Å². The van der Waals surface area contributed by atoms with Gasteiger partial charge in [0.2, 0.25) is 12.1 Å². The standard InChI is InChI=1S/C31H30O16/c1-42-17-6-11(2-4-15(17)46-31-26(39)23(36)25(38)29(47-31)30(40)41)27-20(10-32)43-16-5-3-12(7-18(16)44-27)28-24(37)22(35)21-14(34)8-13(33)9-19(21)45-28/h2-9,20,23-29,31-34,36-39H,10H2,1H3,(H,40,41)/t20?,23-,24?,25-,26+,27?,28+,29-,31+/m0/s1. The predicted octanol–water partition coefficient (Wildman–Crippen LogP) is -0.0719. The molecule has 0 amide bonds. The number of carbonyl (C=O) groups excluding carboxylic acids is 1. The average molecular weight is 659 g/mol. The summed E-state index contributed by atoms with van der Waals surface area (Å²) in [6.45, 7) is -0.478. The van der Waals surface area contributed by atoms with E-state index >= 15 is 0 Å². The van der Waals surface area contributed by atoms with Crippen LogP contribution in [0.3, 0.4) is 0 Å². The number of carboxylic acids is 1. The minimum atomic E-state index is -1.90. The summed E-state index contributed by atoms with van der Waals surface area (Å²) in [7, 11) is 1.31. The minimum absolute atomic E-state index is 0.0292. The van der Waals surface area contributed by atoms with Crippen LogP contribution in [-0.4, -0.2) is 109 Å². The Bertz CT molecular complexity index is 1690. The first-order chi connectivity index (χ1) is 22.4. The maximum atomic E-state index is 12.9. The van der Waals surface area contributed by atoms with Crippen LogP contribution in [-0.2, 0) is 9.53 Å². The Kier molecular flexibility index (Phi) is 8.47. The smallest absolute Gasteiger partial charge is 0.335 e. The Labute approximate surface area is 265 Å². The highest BCUT2D eigenvalue weighted by Crippen LogP contribution is 2.46. The average Bonchev–Trinajstić information content (AvgIpc) is 3.05. The quantitative estimate of drug-likeness (QED) is 0.165. The maximum Gasteiger partial charge on any atom is 0.335 e. The van der Waals surface area contributed by atoms with Crippen molar-refractivity contribution in [2.24, 2.45) is 0 Å². The third-order valence-corrected chi connectivity index (χ3v) is 8.04. The van der Waals surface area contributed by atoms with Crippen LogP contribution in [0.15, 0.2) is 48.5 Å². The topological polar surface area (TPSA) is 251 Å². The molecule has 0 saturated carbocycles. The fraction of sp³-hybridized carbons (Fsp3) is 0.355. The van der Waals surface area contributed by atoms with Crippen molar-refractivity contribution in [3.63, 3.8) is 0 Å². The lowest BCUT2D eigenvalue weighted by atomic mass is 9.92. The monoisotopic (exact) mass is 658 g/mol. The van der Waals surface area contributed by atoms with Crippen LogP contribution in [0.5, 0.6) is 40.2 Å². The third-order valence-electron chi connectivity index (χ3n) is 8.04. The van der Waals surface area contributed by atoms with Crippen molar-refractivity contribution in [3.05, 3.63) is 65.2 Å². The molecule has 0 radical (unpaired) electrons. The number of Topliss-reactive ketones (excluding diaryl/α,β-unsaturated/α-hetero) is 1. The second-order valence-corrected chi connectivity index (χ2v) is 11.0. The van der Waals surface area contributed by atoms with Gasteiger partial charge in [0.25, 0.3) is 0 Å². The number of fused-ring (bicyclic) bond motifs is 2. The first-order valence-electron chi connectivity index (χ1n) is 14.2. The van der Waals surface area contributed by atoms with Gasteiger partial charge >= 0.3 is 5.97 Å². The molecular formula is C31H30O16. The number of carbonyl (C=O) groups is 2. The summed E-state index contributed by atoms with van der Waals surface area (Å²) in [6, 6.07) is 11.0. The number of phenols is 2. The van der Waals surface area contributed by atoms with E-state index in [1.165, 1.54) is 43.5 Å². The van der Waals surface area contributed by atoms with Gasteiger partial charge in [-0.1, -0.05) is 12.1 Å². The number of aromatic hydroxyl groups is 2. The molecule has 16 heteroatoms. The van der Waals surface area contributed by atoms with E-state index in [9.17, 15) is 50.4 Å². The van der Waals surface area contributed by atoms with E-state index in [4.69, 9.17) is 28.4 Å². The van der Waals surface area contributed by atoms with E-state index < -0.39 is 79.2 Å². The van der Waals surface area contributed by atoms with E-state index in [2.05, 4.69) is 0 Å². The van der Waals surface area contributed by atoms with E-state index in [0.29, 0.717) is 11.1 Å². The Morgan fingerprint density at radius 3 is 2.21 bits per heavy atom. The molecule has 1 fully saturated rings. The summed E-state index contributed by atoms with van der Waals surface area (Å²) < 4.78 is 34.2. The minimum Gasteiger partial charge on any atom is -0.508 e. The highest BCUT2D eigenvalue weighted by Gasteiger charge is 2.48. The van der Waals surface area contributed by atoms with Crippen molar-refractivity contribution < 1.29 is 78.9 Å². The number of benzene rings is 3. The van der Waals surface area contributed by atoms with Crippen LogP contribution >= 0.6 is 0 Å². The second kappa shape index (κ2) is 12.4. The summed E-state index contributed by atoms with van der Waals surface area (Å²) in [5.74, 6) is -2.97. The molecule has 9 atom stereocenters. The van der Waals surface area contributed by atoms with Crippen LogP contribution in [0.25, 0.3) is 0 Å². The predicted molar refractivity (Wildman–Crippen MR) is 153 cm³/mol. The number of rotatable bonds is 7. The number of carboxylic acid groups (broad SMARTS) is 1. The summed E-state index contributed by atoms with van der Waals surface area (Å²) in [6.07, 6.45) is -14.0. The SMILES string of the molecule is COc1cc(C2Oc3cc([C@H]4Oc5cc(O)cc(O)c5C(=O)C4O)ccc3OC2CO)ccc1O[C@@H]1O[C@H](C(=O)O)[C@@H](O)[C@H](O)[C@H]1O. The fourth-order valence-corrected chi connectivity index (χ4v) is 5.64. The number of ketones is 1. The maximum absolute atomic E-state index is 12.9. The molecule has 1 saturated heterocycles. The van der Waals surface area contributed by atoms with Gasteiger partial charge in [-0.2, -0.15) is 0 Å². The molecular weight excluding hydrogens is 628 g/mol. The molecule has 6 rings (SSSR count). The number of hydrogen-bond acceptors (Lipinski definition) is 15. The van der Waals surface area contributed by atoms with Crippen molar-refractivity contribution in [2.75, 3.05) is 13.7 Å². The van der Waals surface area contributed by atoms with Crippen LogP contribution in [0.1, 0.15) is 33.7 Å². The van der Waals surface area contributed by atoms with Gasteiger partial charge in [0, 0.05) is 17.7 Å². The van der Waals surface area contributed by atoms with Gasteiger partial charge < -0.3 is 69.3 Å². The molecule has 3 heterocycles. The fourth-order valence-electron chi connectivity index (χ4n) is 5.64. The van der Waals surface area contributed by atoms with Crippen LogP contribution in [0.2, 0.25) is 0 Å². The van der Waals surface area contributed by atoms with E-state index in [1.807, 2.05) is 0 Å². The molecule has 8 N–H and O–H groups in total. The van der Waals surface area contributed by atoms with Gasteiger partial charge in [-0.3, -0.25) is 4.79 Å². The Morgan fingerprint density at radius 1 is 0.809 bits per heavy atom. The van der Waals surface area contributed by atoms with Crippen LogP contribution < -0.4 is 23.7 Å². The van der Waals surface area contributed by atoms with Crippen molar-refractivity contribution in [2.45, 2.75) is 55.1 Å². The molecule has 16 nitrogen and oxygen atoms in total. The molecule has 3 aromatic carbocycles. The van der Waals surface area contributed by atoms with E-state index in [1.54, 1.807) is 0 Å². The highest BCUT2D eigenvalue weighted by molar-refractivity contribution is 6.05. The number of methoxy groups -OCH3 is 1. The summed E-state index contributed by atoms with van der Waals surface area (Å²) >= 11 is 0. The Balaban J connectivity index is 1.26. The zero-order valence-corrected chi connectivity index (χ0v) is 24.4. The van der Waals surface area contributed by atoms with Gasteiger partial charge in [-0.15, -0.1) is 0 Å². The van der Waals surface area contributed by atoms with Crippen molar-refractivity contribution >= 4 is 11.8 Å². The molecule has 0 aromatic heterocycles. The molecule has 3 aromatic rings. The van der Waals surface area contributed by atoms with Crippen molar-refractivity contribution in [1.82, 2.24) is 0 Å². The number of ether oxygens (including phenoxy) is 6. The molecule has 3 aliphatic rings. The summed E-state index contributed by atoms with van der Waals surface area (Å²) in [4.78, 5) is 24.4. The number of aliphatic hydroxyl groups excluding tert-OH is 5. The third kappa shape index (κ3) is 5.71. The summed E-state index contributed by atoms with van der Waals surface area (Å²) in [5.41, 5.74) is 0.441. The largest absolute Gasteiger partial charge is 0.508 e. The lowest BCUT2D eigenvalue weighted by Crippen LogP contribution is -2.61. The lowest BCUT2D eigenvalue weighted by Gasteiger charge is -2.38. The Hall–Kier alpha value is -4.84. The molecule has 0 aliphatic carbocycles. The van der Waals surface area contributed by atoms with Gasteiger partial charge in [0.05, 0.1) is 13.7 Å². The van der Waals surface area contributed by atoms with Crippen LogP contribution in [0, 0.1) is 0 Å². The Morgan fingerprint density at radius 2 is 1.51 bits per heavy atom. The van der Waals surface area contributed by atoms with Crippen molar-refractivity contribution in [3.8, 4) is 40.2 Å². The normalized spacial score (nSPS) is 29.7. The zero-order valence-electron chi connectivity index (χ0n) is 24.4. The van der Waals surface area contributed by atoms with Crippen molar-refractivity contribution in [1.29, 1.82) is 0 Å². The zero-order chi connectivity index (χ0) is 33.7. The molecule has 3 unspecified atom stereocenters. The first-order valence-corrected chi connectivity index (χ1v) is 14.2. The summed E-state index contributed by atoms with van der Waals surface area (Å²) in [5, 5.41) is 80.6. The molecule has 3 aliphatic heterocycles. The number of hydrogen-bond donors (Lipinski definition) is 8. The molecule has 0 spiro atoms. The van der Waals surface area contributed by atoms with Crippen LogP contribution in [0.4, 0.5) is 0 Å². The highest BCUT2D eigenvalue weighted by atomic mass is 16.7. The molecule has 250 valence electrons. The second-order valence-electron chi connectivity index (χ2n) is 11.0. The number of aliphatic hydroxyl groups is 5. The number of aliphatic carboxylic acids is 1. The van der Waals surface area contributed by atoms with Gasteiger partial charge in [-0.25, -0.2) is 4.79 Å². The van der Waals surface area contributed by atoms with Gasteiger partial charge in [0.1, 0.15) is 41.1 Å². The van der Waals surface area contributed by atoms with Gasteiger partial charge in [0.15, 0.2) is 53.5 Å². The van der Waals surface area contributed by atoms with Gasteiger partial charge in [-0.05, 0) is 29.8 Å². The first kappa shape index (κ1) is 32.1. The lowest BCUT2D eigenvalue weighted by molar-refractivity contribution is -0.271. The number of phenolic OH excluding ortho intramolecular Hbond substituents is 2.